The third-order valence-electron chi connectivity index (χ3n) is 3.29. The van der Waals surface area contributed by atoms with E-state index in [2.05, 4.69) is 5.32 Å². The van der Waals surface area contributed by atoms with Crippen LogP contribution in [0.3, 0.4) is 0 Å². The lowest BCUT2D eigenvalue weighted by Gasteiger charge is -2.34. The molecule has 0 unspecified atom stereocenters. The number of ether oxygens (including phenoxy) is 1. The zero-order chi connectivity index (χ0) is 14.9. The summed E-state index contributed by atoms with van der Waals surface area (Å²) in [5.74, 6) is -0.439. The van der Waals surface area contributed by atoms with Crippen molar-refractivity contribution in [2.24, 2.45) is 5.41 Å². The molecule has 106 valence electrons. The molecule has 4 amide bonds. The quantitative estimate of drug-likeness (QED) is 0.844. The first-order valence-electron chi connectivity index (χ1n) is 6.16. The van der Waals surface area contributed by atoms with Crippen LogP contribution in [0.25, 0.3) is 0 Å². The van der Waals surface area contributed by atoms with E-state index < -0.39 is 23.3 Å². The minimum atomic E-state index is -1.24. The van der Waals surface area contributed by atoms with Gasteiger partial charge in [-0.05, 0) is 31.5 Å². The highest BCUT2D eigenvalue weighted by Gasteiger charge is 2.46. The van der Waals surface area contributed by atoms with Crippen LogP contribution in [-0.2, 0) is 16.1 Å². The number of benzene rings is 1. The van der Waals surface area contributed by atoms with Gasteiger partial charge in [-0.1, -0.05) is 12.1 Å². The van der Waals surface area contributed by atoms with Gasteiger partial charge in [-0.2, -0.15) is 0 Å². The molecule has 0 aromatic heterocycles. The van der Waals surface area contributed by atoms with E-state index in [0.717, 1.165) is 10.5 Å². The molecule has 0 radical (unpaired) electrons. The molecule has 1 aromatic rings. The molecule has 0 aliphatic carbocycles. The number of hydrogen-bond donors (Lipinski definition) is 1. The Bertz CT molecular complexity index is 580. The molecule has 1 fully saturated rings. The Hall–Kier alpha value is -2.37. The van der Waals surface area contributed by atoms with Crippen LogP contribution in [0, 0.1) is 5.41 Å². The van der Waals surface area contributed by atoms with E-state index in [-0.39, 0.29) is 6.54 Å². The number of rotatable bonds is 3. The van der Waals surface area contributed by atoms with Gasteiger partial charge < -0.3 is 4.74 Å². The fourth-order valence-corrected chi connectivity index (χ4v) is 1.94. The predicted octanol–water partition coefficient (Wildman–Crippen LogP) is 1.30. The first-order chi connectivity index (χ1) is 9.36. The van der Waals surface area contributed by atoms with Crippen LogP contribution in [0.1, 0.15) is 19.4 Å². The number of amides is 4. The van der Waals surface area contributed by atoms with Crippen LogP contribution in [0.2, 0.25) is 0 Å². The number of carbonyl (C=O) groups excluding carboxylic acids is 3. The molecule has 2 rings (SSSR count). The molecule has 1 N–H and O–H groups in total. The molecule has 20 heavy (non-hydrogen) atoms. The van der Waals surface area contributed by atoms with Crippen LogP contribution < -0.4 is 10.1 Å². The second-order valence-corrected chi connectivity index (χ2v) is 5.13. The lowest BCUT2D eigenvalue weighted by molar-refractivity contribution is -0.149. The van der Waals surface area contributed by atoms with Gasteiger partial charge in [0.2, 0.25) is 11.8 Å². The van der Waals surface area contributed by atoms with E-state index in [1.165, 1.54) is 13.8 Å². The summed E-state index contributed by atoms with van der Waals surface area (Å²) < 4.78 is 5.10. The standard InChI is InChI=1S/C14H16N2O4/c1-14(2)11(17)15-13(19)16(12(14)18)8-9-5-4-6-10(7-9)20-3/h4-7H,8H2,1-3H3,(H,15,17,19). The number of imide groups is 2. The minimum Gasteiger partial charge on any atom is -0.497 e. The van der Waals surface area contributed by atoms with Crippen molar-refractivity contribution in [1.29, 1.82) is 0 Å². The van der Waals surface area contributed by atoms with Crippen molar-refractivity contribution in [2.75, 3.05) is 7.11 Å². The molecular formula is C14H16N2O4. The average Bonchev–Trinajstić information content (AvgIpc) is 2.42. The maximum Gasteiger partial charge on any atom is 0.331 e. The second-order valence-electron chi connectivity index (χ2n) is 5.13. The zero-order valence-electron chi connectivity index (χ0n) is 11.6. The van der Waals surface area contributed by atoms with E-state index in [1.807, 2.05) is 0 Å². The Kier molecular flexibility index (Phi) is 3.48. The Labute approximate surface area is 116 Å². The molecule has 6 heteroatoms. The largest absolute Gasteiger partial charge is 0.497 e. The molecule has 1 saturated heterocycles. The summed E-state index contributed by atoms with van der Waals surface area (Å²) in [6.45, 7) is 3.09. The van der Waals surface area contributed by atoms with Gasteiger partial charge in [0.25, 0.3) is 0 Å². The van der Waals surface area contributed by atoms with Crippen molar-refractivity contribution in [3.05, 3.63) is 29.8 Å². The lowest BCUT2D eigenvalue weighted by Crippen LogP contribution is -2.61. The normalized spacial score (nSPS) is 17.9. The third kappa shape index (κ3) is 2.36. The zero-order valence-corrected chi connectivity index (χ0v) is 11.6. The van der Waals surface area contributed by atoms with Crippen LogP contribution in [-0.4, -0.2) is 29.9 Å². The SMILES string of the molecule is COc1cccc(CN2C(=O)NC(=O)C(C)(C)C2=O)c1. The first-order valence-corrected chi connectivity index (χ1v) is 6.16. The summed E-state index contributed by atoms with van der Waals surface area (Å²) in [4.78, 5) is 36.7. The van der Waals surface area contributed by atoms with Crippen molar-refractivity contribution in [3.8, 4) is 5.75 Å². The van der Waals surface area contributed by atoms with Gasteiger partial charge in [0.1, 0.15) is 11.2 Å². The minimum absolute atomic E-state index is 0.0958. The van der Waals surface area contributed by atoms with E-state index >= 15 is 0 Å². The number of carbonyl (C=O) groups is 3. The highest BCUT2D eigenvalue weighted by Crippen LogP contribution is 2.25. The fourth-order valence-electron chi connectivity index (χ4n) is 1.94. The van der Waals surface area contributed by atoms with Crippen LogP contribution in [0.15, 0.2) is 24.3 Å². The Morgan fingerprint density at radius 3 is 2.60 bits per heavy atom. The molecular weight excluding hydrogens is 260 g/mol. The van der Waals surface area contributed by atoms with Crippen LogP contribution in [0.4, 0.5) is 4.79 Å². The monoisotopic (exact) mass is 276 g/mol. The second kappa shape index (κ2) is 4.96. The van der Waals surface area contributed by atoms with E-state index in [4.69, 9.17) is 4.74 Å². The summed E-state index contributed by atoms with van der Waals surface area (Å²) in [5.41, 5.74) is -0.495. The molecule has 1 aliphatic heterocycles. The molecule has 0 spiro atoms. The topological polar surface area (TPSA) is 75.7 Å². The van der Waals surface area contributed by atoms with Gasteiger partial charge in [0.05, 0.1) is 13.7 Å². The molecule has 0 bridgehead atoms. The highest BCUT2D eigenvalue weighted by molar-refractivity contribution is 6.18. The predicted molar refractivity (Wildman–Crippen MR) is 70.9 cm³/mol. The number of barbiturate groups is 1. The molecule has 6 nitrogen and oxygen atoms in total. The molecule has 1 aliphatic rings. The molecule has 0 saturated carbocycles. The maximum absolute atomic E-state index is 12.2. The van der Waals surface area contributed by atoms with Gasteiger partial charge in [0.15, 0.2) is 0 Å². The van der Waals surface area contributed by atoms with Gasteiger partial charge in [-0.3, -0.25) is 19.8 Å². The van der Waals surface area contributed by atoms with E-state index in [0.29, 0.717) is 5.75 Å². The molecule has 1 heterocycles. The number of urea groups is 1. The van der Waals surface area contributed by atoms with Crippen molar-refractivity contribution < 1.29 is 19.1 Å². The van der Waals surface area contributed by atoms with Crippen LogP contribution >= 0.6 is 0 Å². The van der Waals surface area contributed by atoms with E-state index in [9.17, 15) is 14.4 Å². The van der Waals surface area contributed by atoms with Crippen molar-refractivity contribution >= 4 is 17.8 Å². The van der Waals surface area contributed by atoms with Crippen molar-refractivity contribution in [2.45, 2.75) is 20.4 Å². The fraction of sp³-hybridized carbons (Fsp3) is 0.357. The van der Waals surface area contributed by atoms with Gasteiger partial charge in [-0.15, -0.1) is 0 Å². The van der Waals surface area contributed by atoms with Crippen molar-refractivity contribution in [3.63, 3.8) is 0 Å². The van der Waals surface area contributed by atoms with E-state index in [1.54, 1.807) is 31.4 Å². The molecule has 0 atom stereocenters. The number of nitrogens with zero attached hydrogens (tertiary/aromatic N) is 1. The summed E-state index contributed by atoms with van der Waals surface area (Å²) in [7, 11) is 1.54. The summed E-state index contributed by atoms with van der Waals surface area (Å²) in [5, 5.41) is 2.19. The summed E-state index contributed by atoms with van der Waals surface area (Å²) in [6, 6.07) is 6.38. The Morgan fingerprint density at radius 2 is 1.95 bits per heavy atom. The number of methoxy groups -OCH3 is 1. The van der Waals surface area contributed by atoms with Gasteiger partial charge >= 0.3 is 6.03 Å². The van der Waals surface area contributed by atoms with Crippen LogP contribution in [0.5, 0.6) is 5.75 Å². The number of nitrogens with one attached hydrogen (secondary N) is 1. The summed E-state index contributed by atoms with van der Waals surface area (Å²) >= 11 is 0. The third-order valence-corrected chi connectivity index (χ3v) is 3.29. The average molecular weight is 276 g/mol. The van der Waals surface area contributed by atoms with Gasteiger partial charge in [-0.25, -0.2) is 4.79 Å². The molecule has 1 aromatic carbocycles. The Balaban J connectivity index is 2.25. The van der Waals surface area contributed by atoms with Crippen molar-refractivity contribution in [1.82, 2.24) is 10.2 Å². The maximum atomic E-state index is 12.2. The first kappa shape index (κ1) is 14.0. The lowest BCUT2D eigenvalue weighted by atomic mass is 9.88. The Morgan fingerprint density at radius 1 is 1.25 bits per heavy atom. The smallest absolute Gasteiger partial charge is 0.331 e. The number of hydrogen-bond acceptors (Lipinski definition) is 4. The highest BCUT2D eigenvalue weighted by atomic mass is 16.5. The summed E-state index contributed by atoms with van der Waals surface area (Å²) in [6.07, 6.45) is 0. The van der Waals surface area contributed by atoms with Gasteiger partial charge in [0, 0.05) is 0 Å².